The SMILES string of the molecule is CC(C)OC(=O)c1c(NC(=O)/C=C/c2ccc(C(C)(C)C)cc2)sc2c1CCCC2. The molecule has 1 heterocycles. The van der Waals surface area contributed by atoms with Crippen molar-refractivity contribution in [1.29, 1.82) is 0 Å². The minimum absolute atomic E-state index is 0.0961. The van der Waals surface area contributed by atoms with Crippen LogP contribution in [0.25, 0.3) is 6.08 Å². The predicted molar refractivity (Wildman–Crippen MR) is 124 cm³/mol. The van der Waals surface area contributed by atoms with Crippen molar-refractivity contribution in [3.63, 3.8) is 0 Å². The van der Waals surface area contributed by atoms with Crippen LogP contribution in [-0.2, 0) is 27.8 Å². The lowest BCUT2D eigenvalue weighted by Crippen LogP contribution is -2.17. The molecule has 0 atom stereocenters. The molecule has 0 spiro atoms. The molecule has 30 heavy (non-hydrogen) atoms. The number of aryl methyl sites for hydroxylation is 1. The van der Waals surface area contributed by atoms with E-state index in [1.54, 1.807) is 6.08 Å². The van der Waals surface area contributed by atoms with Gasteiger partial charge in [0.15, 0.2) is 0 Å². The van der Waals surface area contributed by atoms with Crippen molar-refractivity contribution in [2.24, 2.45) is 0 Å². The molecule has 160 valence electrons. The van der Waals surface area contributed by atoms with E-state index in [0.29, 0.717) is 10.6 Å². The molecular formula is C25H31NO3S. The van der Waals surface area contributed by atoms with Gasteiger partial charge < -0.3 is 10.1 Å². The summed E-state index contributed by atoms with van der Waals surface area (Å²) in [6, 6.07) is 8.20. The van der Waals surface area contributed by atoms with Gasteiger partial charge in [0, 0.05) is 11.0 Å². The van der Waals surface area contributed by atoms with Crippen LogP contribution in [-0.4, -0.2) is 18.0 Å². The lowest BCUT2D eigenvalue weighted by Gasteiger charge is -2.18. The van der Waals surface area contributed by atoms with Crippen LogP contribution in [0, 0.1) is 0 Å². The summed E-state index contributed by atoms with van der Waals surface area (Å²) < 4.78 is 5.45. The third-order valence-electron chi connectivity index (χ3n) is 5.16. The molecule has 0 unspecified atom stereocenters. The van der Waals surface area contributed by atoms with Gasteiger partial charge in [-0.05, 0) is 67.7 Å². The fourth-order valence-electron chi connectivity index (χ4n) is 3.56. The van der Waals surface area contributed by atoms with E-state index in [1.807, 2.05) is 26.0 Å². The summed E-state index contributed by atoms with van der Waals surface area (Å²) in [6.07, 6.45) is 7.10. The molecule has 1 aromatic heterocycles. The van der Waals surface area contributed by atoms with Crippen molar-refractivity contribution in [2.75, 3.05) is 5.32 Å². The van der Waals surface area contributed by atoms with Crippen LogP contribution in [0.4, 0.5) is 5.00 Å². The lowest BCUT2D eigenvalue weighted by molar-refractivity contribution is -0.111. The van der Waals surface area contributed by atoms with Gasteiger partial charge in [-0.3, -0.25) is 4.79 Å². The molecule has 0 saturated carbocycles. The van der Waals surface area contributed by atoms with Crippen LogP contribution in [0.5, 0.6) is 0 Å². The summed E-state index contributed by atoms with van der Waals surface area (Å²) in [5.74, 6) is -0.589. The molecule has 1 N–H and O–H groups in total. The number of nitrogens with one attached hydrogen (secondary N) is 1. The van der Waals surface area contributed by atoms with Crippen LogP contribution in [0.2, 0.25) is 0 Å². The predicted octanol–water partition coefficient (Wildman–Crippen LogP) is 6.14. The number of rotatable bonds is 5. The van der Waals surface area contributed by atoms with Crippen molar-refractivity contribution in [3.8, 4) is 0 Å². The van der Waals surface area contributed by atoms with Gasteiger partial charge in [0.25, 0.3) is 0 Å². The first-order valence-electron chi connectivity index (χ1n) is 10.6. The number of carbonyl (C=O) groups excluding carboxylic acids is 2. The molecule has 2 aromatic rings. The third kappa shape index (κ3) is 5.39. The number of fused-ring (bicyclic) bond motifs is 1. The van der Waals surface area contributed by atoms with Gasteiger partial charge in [-0.15, -0.1) is 11.3 Å². The van der Waals surface area contributed by atoms with E-state index in [2.05, 4.69) is 38.2 Å². The maximum atomic E-state index is 12.7. The second-order valence-corrected chi connectivity index (χ2v) is 10.2. The molecule has 4 nitrogen and oxygen atoms in total. The molecule has 1 aliphatic carbocycles. The molecule has 1 aromatic carbocycles. The second-order valence-electron chi connectivity index (χ2n) is 9.06. The Kier molecular flexibility index (Phi) is 6.81. The monoisotopic (exact) mass is 425 g/mol. The highest BCUT2D eigenvalue weighted by atomic mass is 32.1. The lowest BCUT2D eigenvalue weighted by atomic mass is 9.87. The van der Waals surface area contributed by atoms with Crippen LogP contribution >= 0.6 is 11.3 Å². The highest BCUT2D eigenvalue weighted by Gasteiger charge is 2.27. The number of carbonyl (C=O) groups is 2. The van der Waals surface area contributed by atoms with Gasteiger partial charge >= 0.3 is 5.97 Å². The number of ether oxygens (including phenoxy) is 1. The quantitative estimate of drug-likeness (QED) is 0.462. The van der Waals surface area contributed by atoms with E-state index < -0.39 is 0 Å². The largest absolute Gasteiger partial charge is 0.459 e. The average molecular weight is 426 g/mol. The Morgan fingerprint density at radius 2 is 1.77 bits per heavy atom. The summed E-state index contributed by atoms with van der Waals surface area (Å²) >= 11 is 1.51. The number of hydrogen-bond acceptors (Lipinski definition) is 4. The number of hydrogen-bond donors (Lipinski definition) is 1. The zero-order chi connectivity index (χ0) is 21.9. The maximum absolute atomic E-state index is 12.7. The van der Waals surface area contributed by atoms with E-state index in [9.17, 15) is 9.59 Å². The number of amides is 1. The van der Waals surface area contributed by atoms with E-state index >= 15 is 0 Å². The van der Waals surface area contributed by atoms with Crippen molar-refractivity contribution in [1.82, 2.24) is 0 Å². The maximum Gasteiger partial charge on any atom is 0.341 e. The van der Waals surface area contributed by atoms with Gasteiger partial charge in [0.2, 0.25) is 5.91 Å². The minimum atomic E-state index is -0.346. The summed E-state index contributed by atoms with van der Waals surface area (Å²) in [6.45, 7) is 10.2. The van der Waals surface area contributed by atoms with E-state index in [1.165, 1.54) is 27.9 Å². The van der Waals surface area contributed by atoms with Crippen molar-refractivity contribution in [3.05, 3.63) is 57.5 Å². The van der Waals surface area contributed by atoms with E-state index in [4.69, 9.17) is 4.74 Å². The smallest absolute Gasteiger partial charge is 0.341 e. The van der Waals surface area contributed by atoms with Crippen LogP contribution in [0.3, 0.4) is 0 Å². The van der Waals surface area contributed by atoms with Crippen LogP contribution in [0.15, 0.2) is 30.3 Å². The summed E-state index contributed by atoms with van der Waals surface area (Å²) in [5.41, 5.74) is 3.90. The number of esters is 1. The fraction of sp³-hybridized carbons (Fsp3) is 0.440. The molecule has 1 amide bonds. The molecule has 1 aliphatic rings. The van der Waals surface area contributed by atoms with Gasteiger partial charge in [0.1, 0.15) is 5.00 Å². The van der Waals surface area contributed by atoms with Gasteiger partial charge in [-0.2, -0.15) is 0 Å². The summed E-state index contributed by atoms with van der Waals surface area (Å²) in [7, 11) is 0. The highest BCUT2D eigenvalue weighted by molar-refractivity contribution is 7.17. The molecular weight excluding hydrogens is 394 g/mol. The van der Waals surface area contributed by atoms with E-state index in [0.717, 1.165) is 36.8 Å². The molecule has 5 heteroatoms. The highest BCUT2D eigenvalue weighted by Crippen LogP contribution is 2.38. The number of benzene rings is 1. The first-order valence-corrected chi connectivity index (χ1v) is 11.4. The normalized spacial score (nSPS) is 14.1. The Morgan fingerprint density at radius 3 is 2.40 bits per heavy atom. The first-order chi connectivity index (χ1) is 14.1. The minimum Gasteiger partial charge on any atom is -0.459 e. The Hall–Kier alpha value is -2.40. The Labute approximate surface area is 183 Å². The summed E-state index contributed by atoms with van der Waals surface area (Å²) in [4.78, 5) is 26.5. The first kappa shape index (κ1) is 22.3. The van der Waals surface area contributed by atoms with Crippen LogP contribution in [0.1, 0.15) is 79.4 Å². The standard InChI is InChI=1S/C25H31NO3S/c1-16(2)29-24(28)22-19-8-6-7-9-20(19)30-23(22)26-21(27)15-12-17-10-13-18(14-11-17)25(3,4)5/h10-16H,6-9H2,1-5H3,(H,26,27)/b15-12+. The molecule has 0 aliphatic heterocycles. The summed E-state index contributed by atoms with van der Waals surface area (Å²) in [5, 5.41) is 3.52. The molecule has 0 saturated heterocycles. The second kappa shape index (κ2) is 9.17. The average Bonchev–Trinajstić information content (AvgIpc) is 3.03. The van der Waals surface area contributed by atoms with Crippen LogP contribution < -0.4 is 5.32 Å². The number of thiophene rings is 1. The molecule has 0 fully saturated rings. The van der Waals surface area contributed by atoms with Gasteiger partial charge in [0.05, 0.1) is 11.7 Å². The number of anilines is 1. The molecule has 0 bridgehead atoms. The Balaban J connectivity index is 1.77. The fourth-order valence-corrected chi connectivity index (χ4v) is 4.84. The van der Waals surface area contributed by atoms with Gasteiger partial charge in [-0.25, -0.2) is 4.79 Å². The van der Waals surface area contributed by atoms with E-state index in [-0.39, 0.29) is 23.4 Å². The van der Waals surface area contributed by atoms with Crippen molar-refractivity contribution < 1.29 is 14.3 Å². The van der Waals surface area contributed by atoms with Gasteiger partial charge in [-0.1, -0.05) is 45.0 Å². The molecule has 3 rings (SSSR count). The Bertz CT molecular complexity index is 946. The molecule has 0 radical (unpaired) electrons. The van der Waals surface area contributed by atoms with Crippen molar-refractivity contribution in [2.45, 2.75) is 71.8 Å². The topological polar surface area (TPSA) is 55.4 Å². The zero-order valence-electron chi connectivity index (χ0n) is 18.5. The zero-order valence-corrected chi connectivity index (χ0v) is 19.3. The van der Waals surface area contributed by atoms with Crippen molar-refractivity contribution >= 4 is 34.3 Å². The third-order valence-corrected chi connectivity index (χ3v) is 6.37. The Morgan fingerprint density at radius 1 is 1.10 bits per heavy atom.